The zero-order valence-electron chi connectivity index (χ0n) is 11.7. The van der Waals surface area contributed by atoms with Gasteiger partial charge in [0.05, 0.1) is 6.61 Å². The van der Waals surface area contributed by atoms with Crippen molar-refractivity contribution < 1.29 is 4.74 Å². The molecule has 3 nitrogen and oxygen atoms in total. The molecule has 2 rings (SSSR count). The molecule has 2 aromatic carbocycles. The van der Waals surface area contributed by atoms with E-state index in [-0.39, 0.29) is 0 Å². The van der Waals surface area contributed by atoms with Crippen molar-refractivity contribution in [1.82, 2.24) is 0 Å². The molecule has 0 aromatic heterocycles. The maximum absolute atomic E-state index is 5.71. The molecule has 0 amide bonds. The summed E-state index contributed by atoms with van der Waals surface area (Å²) < 4.78 is 5.56. The second-order valence-corrected chi connectivity index (χ2v) is 4.53. The van der Waals surface area contributed by atoms with Gasteiger partial charge in [0.25, 0.3) is 0 Å². The van der Waals surface area contributed by atoms with Gasteiger partial charge in [0.1, 0.15) is 5.75 Å². The first-order valence-electron chi connectivity index (χ1n) is 6.44. The molecule has 3 heteroatoms. The molecule has 0 aliphatic rings. The summed E-state index contributed by atoms with van der Waals surface area (Å²) >= 11 is 0. The van der Waals surface area contributed by atoms with Crippen LogP contribution in [0.4, 0.5) is 17.1 Å². The van der Waals surface area contributed by atoms with E-state index in [4.69, 9.17) is 10.5 Å². The van der Waals surface area contributed by atoms with E-state index in [0.717, 1.165) is 28.4 Å². The second kappa shape index (κ2) is 5.65. The SMILES string of the molecule is CCOc1ccc(N(C)c2ccc(N)cc2)cc1C. The normalized spacial score (nSPS) is 10.3. The highest BCUT2D eigenvalue weighted by molar-refractivity contribution is 5.65. The van der Waals surface area contributed by atoms with E-state index in [1.165, 1.54) is 0 Å². The molecule has 100 valence electrons. The summed E-state index contributed by atoms with van der Waals surface area (Å²) in [6.07, 6.45) is 0. The minimum atomic E-state index is 0.688. The molecule has 0 heterocycles. The van der Waals surface area contributed by atoms with Crippen LogP contribution in [0.3, 0.4) is 0 Å². The first kappa shape index (κ1) is 13.3. The topological polar surface area (TPSA) is 38.5 Å². The van der Waals surface area contributed by atoms with Gasteiger partial charge in [0.2, 0.25) is 0 Å². The van der Waals surface area contributed by atoms with Crippen molar-refractivity contribution in [3.8, 4) is 5.75 Å². The number of aryl methyl sites for hydroxylation is 1. The monoisotopic (exact) mass is 256 g/mol. The third-order valence-electron chi connectivity index (χ3n) is 3.13. The van der Waals surface area contributed by atoms with E-state index < -0.39 is 0 Å². The number of ether oxygens (including phenoxy) is 1. The number of rotatable bonds is 4. The van der Waals surface area contributed by atoms with Gasteiger partial charge in [-0.1, -0.05) is 0 Å². The van der Waals surface area contributed by atoms with Crippen LogP contribution in [-0.4, -0.2) is 13.7 Å². The lowest BCUT2D eigenvalue weighted by Crippen LogP contribution is -2.09. The Morgan fingerprint density at radius 2 is 1.68 bits per heavy atom. The Bertz CT molecular complexity index is 549. The van der Waals surface area contributed by atoms with Gasteiger partial charge < -0.3 is 15.4 Å². The fourth-order valence-corrected chi connectivity index (χ4v) is 2.01. The van der Waals surface area contributed by atoms with Crippen LogP contribution in [0.1, 0.15) is 12.5 Å². The lowest BCUT2D eigenvalue weighted by Gasteiger charge is -2.21. The zero-order valence-corrected chi connectivity index (χ0v) is 11.7. The lowest BCUT2D eigenvalue weighted by atomic mass is 10.1. The first-order valence-corrected chi connectivity index (χ1v) is 6.44. The van der Waals surface area contributed by atoms with Crippen LogP contribution >= 0.6 is 0 Å². The first-order chi connectivity index (χ1) is 9.11. The summed E-state index contributed by atoms with van der Waals surface area (Å²) in [5.74, 6) is 0.942. The van der Waals surface area contributed by atoms with E-state index in [9.17, 15) is 0 Å². The number of benzene rings is 2. The quantitative estimate of drug-likeness (QED) is 0.847. The summed E-state index contributed by atoms with van der Waals surface area (Å²) in [5.41, 5.74) is 9.87. The molecule has 0 bridgehead atoms. The van der Waals surface area contributed by atoms with Gasteiger partial charge >= 0.3 is 0 Å². The third kappa shape index (κ3) is 2.99. The van der Waals surface area contributed by atoms with Crippen LogP contribution in [-0.2, 0) is 0 Å². The Morgan fingerprint density at radius 1 is 1.05 bits per heavy atom. The lowest BCUT2D eigenvalue weighted by molar-refractivity contribution is 0.338. The molecule has 19 heavy (non-hydrogen) atoms. The van der Waals surface area contributed by atoms with E-state index >= 15 is 0 Å². The minimum Gasteiger partial charge on any atom is -0.494 e. The van der Waals surface area contributed by atoms with Crippen LogP contribution < -0.4 is 15.4 Å². The molecular weight excluding hydrogens is 236 g/mol. The average molecular weight is 256 g/mol. The molecule has 0 fully saturated rings. The number of hydrogen-bond acceptors (Lipinski definition) is 3. The van der Waals surface area contributed by atoms with E-state index in [1.54, 1.807) is 0 Å². The van der Waals surface area contributed by atoms with Gasteiger partial charge in [-0.25, -0.2) is 0 Å². The van der Waals surface area contributed by atoms with Gasteiger partial charge in [-0.15, -0.1) is 0 Å². The molecule has 0 saturated heterocycles. The Kier molecular flexibility index (Phi) is 3.95. The van der Waals surface area contributed by atoms with Crippen molar-refractivity contribution in [2.75, 3.05) is 24.3 Å². The molecule has 0 radical (unpaired) electrons. The number of nitrogens with zero attached hydrogens (tertiary/aromatic N) is 1. The summed E-state index contributed by atoms with van der Waals surface area (Å²) in [6.45, 7) is 4.74. The van der Waals surface area contributed by atoms with Crippen LogP contribution in [0.5, 0.6) is 5.75 Å². The Hall–Kier alpha value is -2.16. The van der Waals surface area contributed by atoms with Crippen molar-refractivity contribution in [2.24, 2.45) is 0 Å². The van der Waals surface area contributed by atoms with Gasteiger partial charge in [0.15, 0.2) is 0 Å². The molecule has 0 atom stereocenters. The largest absolute Gasteiger partial charge is 0.494 e. The van der Waals surface area contributed by atoms with Crippen LogP contribution in [0.2, 0.25) is 0 Å². The highest BCUT2D eigenvalue weighted by Crippen LogP contribution is 2.28. The van der Waals surface area contributed by atoms with Gasteiger partial charge in [-0.2, -0.15) is 0 Å². The fraction of sp³-hybridized carbons (Fsp3) is 0.250. The standard InChI is InChI=1S/C16H20N2O/c1-4-19-16-10-9-15(11-12(16)2)18(3)14-7-5-13(17)6-8-14/h5-11H,4,17H2,1-3H3. The highest BCUT2D eigenvalue weighted by atomic mass is 16.5. The van der Waals surface area contributed by atoms with Gasteiger partial charge in [-0.05, 0) is 61.9 Å². The van der Waals surface area contributed by atoms with E-state index in [1.807, 2.05) is 44.3 Å². The van der Waals surface area contributed by atoms with Crippen LogP contribution in [0, 0.1) is 6.92 Å². The number of hydrogen-bond donors (Lipinski definition) is 1. The van der Waals surface area contributed by atoms with Crippen molar-refractivity contribution in [3.63, 3.8) is 0 Å². The smallest absolute Gasteiger partial charge is 0.122 e. The Labute approximate surface area is 114 Å². The third-order valence-corrected chi connectivity index (χ3v) is 3.13. The molecule has 0 aliphatic carbocycles. The highest BCUT2D eigenvalue weighted by Gasteiger charge is 2.06. The summed E-state index contributed by atoms with van der Waals surface area (Å²) in [5, 5.41) is 0. The molecule has 2 N–H and O–H groups in total. The van der Waals surface area contributed by atoms with Crippen molar-refractivity contribution in [1.29, 1.82) is 0 Å². The minimum absolute atomic E-state index is 0.688. The van der Waals surface area contributed by atoms with Crippen LogP contribution in [0.25, 0.3) is 0 Å². The van der Waals surface area contributed by atoms with E-state index in [0.29, 0.717) is 6.61 Å². The maximum atomic E-state index is 5.71. The zero-order chi connectivity index (χ0) is 13.8. The van der Waals surface area contributed by atoms with Crippen LogP contribution in [0.15, 0.2) is 42.5 Å². The van der Waals surface area contributed by atoms with Crippen molar-refractivity contribution in [2.45, 2.75) is 13.8 Å². The predicted molar refractivity (Wildman–Crippen MR) is 81.3 cm³/mol. The number of anilines is 3. The molecule has 0 unspecified atom stereocenters. The van der Waals surface area contributed by atoms with Gasteiger partial charge in [0, 0.05) is 24.1 Å². The maximum Gasteiger partial charge on any atom is 0.122 e. The summed E-state index contributed by atoms with van der Waals surface area (Å²) in [6, 6.07) is 14.1. The Morgan fingerprint density at radius 3 is 2.26 bits per heavy atom. The average Bonchev–Trinajstić information content (AvgIpc) is 2.41. The van der Waals surface area contributed by atoms with E-state index in [2.05, 4.69) is 24.0 Å². The van der Waals surface area contributed by atoms with Gasteiger partial charge in [-0.3, -0.25) is 0 Å². The summed E-state index contributed by atoms with van der Waals surface area (Å²) in [7, 11) is 2.04. The number of nitrogens with two attached hydrogens (primary N) is 1. The van der Waals surface area contributed by atoms with Crippen molar-refractivity contribution in [3.05, 3.63) is 48.0 Å². The fourth-order valence-electron chi connectivity index (χ4n) is 2.01. The number of nitrogen functional groups attached to an aromatic ring is 1. The summed E-state index contributed by atoms with van der Waals surface area (Å²) in [4.78, 5) is 2.13. The second-order valence-electron chi connectivity index (χ2n) is 4.53. The molecular formula is C16H20N2O. The molecule has 0 saturated carbocycles. The molecule has 0 spiro atoms. The predicted octanol–water partition coefficient (Wildman–Crippen LogP) is 3.74. The Balaban J connectivity index is 2.26. The van der Waals surface area contributed by atoms with Crippen molar-refractivity contribution >= 4 is 17.1 Å². The molecule has 0 aliphatic heterocycles. The molecule has 2 aromatic rings.